The molecule has 24 heavy (non-hydrogen) atoms. The molecule has 2 fully saturated rings. The van der Waals surface area contributed by atoms with Crippen molar-refractivity contribution in [2.24, 2.45) is 0 Å². The molecule has 0 saturated carbocycles. The molecular formula is C18H27FN4O. The molecule has 2 aliphatic rings. The number of amides is 1. The molecule has 2 aliphatic heterocycles. The molecule has 0 radical (unpaired) electrons. The first-order valence-electron chi connectivity index (χ1n) is 8.96. The van der Waals surface area contributed by atoms with Gasteiger partial charge in [-0.1, -0.05) is 6.92 Å². The lowest BCUT2D eigenvalue weighted by Crippen LogP contribution is -2.46. The predicted octanol–water partition coefficient (Wildman–Crippen LogP) is 1.45. The predicted molar refractivity (Wildman–Crippen MR) is 94.1 cm³/mol. The van der Waals surface area contributed by atoms with Gasteiger partial charge >= 0.3 is 0 Å². The first-order chi connectivity index (χ1) is 11.7. The zero-order chi connectivity index (χ0) is 16.9. The minimum absolute atomic E-state index is 0.135. The Kier molecular flexibility index (Phi) is 5.68. The van der Waals surface area contributed by atoms with Crippen LogP contribution in [0.1, 0.15) is 30.1 Å². The Morgan fingerprint density at radius 3 is 2.75 bits per heavy atom. The van der Waals surface area contributed by atoms with Crippen LogP contribution >= 0.6 is 0 Å². The Bertz CT molecular complexity index is 566. The van der Waals surface area contributed by atoms with E-state index in [1.165, 1.54) is 6.07 Å². The highest BCUT2D eigenvalue weighted by Gasteiger charge is 2.21. The number of nitrogens with zero attached hydrogens (tertiary/aromatic N) is 2. The maximum atomic E-state index is 14.5. The molecular weight excluding hydrogens is 307 g/mol. The number of nitrogens with one attached hydrogen (secondary N) is 2. The Morgan fingerprint density at radius 1 is 1.33 bits per heavy atom. The SMILES string of the molecule is CCN1CCN(c2ccc(C(=O)N[C@H]3CCCNC3)cc2F)CC1. The maximum Gasteiger partial charge on any atom is 0.251 e. The molecule has 0 bridgehead atoms. The summed E-state index contributed by atoms with van der Waals surface area (Å²) in [6, 6.07) is 4.98. The van der Waals surface area contributed by atoms with Crippen molar-refractivity contribution in [3.05, 3.63) is 29.6 Å². The van der Waals surface area contributed by atoms with Crippen molar-refractivity contribution < 1.29 is 9.18 Å². The second kappa shape index (κ2) is 7.94. The van der Waals surface area contributed by atoms with Gasteiger partial charge in [-0.25, -0.2) is 4.39 Å². The van der Waals surface area contributed by atoms with Crippen molar-refractivity contribution in [2.45, 2.75) is 25.8 Å². The fourth-order valence-corrected chi connectivity index (χ4v) is 3.45. The number of rotatable bonds is 4. The van der Waals surface area contributed by atoms with E-state index in [9.17, 15) is 9.18 Å². The quantitative estimate of drug-likeness (QED) is 0.875. The molecule has 0 aliphatic carbocycles. The zero-order valence-electron chi connectivity index (χ0n) is 14.4. The smallest absolute Gasteiger partial charge is 0.251 e. The van der Waals surface area contributed by atoms with Crippen molar-refractivity contribution >= 4 is 11.6 Å². The van der Waals surface area contributed by atoms with Crippen molar-refractivity contribution in [1.29, 1.82) is 0 Å². The van der Waals surface area contributed by atoms with Gasteiger partial charge in [-0.05, 0) is 44.1 Å². The normalized spacial score (nSPS) is 22.4. The third kappa shape index (κ3) is 4.05. The summed E-state index contributed by atoms with van der Waals surface area (Å²) in [6.45, 7) is 8.51. The highest BCUT2D eigenvalue weighted by Crippen LogP contribution is 2.22. The van der Waals surface area contributed by atoms with E-state index in [1.54, 1.807) is 12.1 Å². The van der Waals surface area contributed by atoms with Crippen molar-refractivity contribution in [3.8, 4) is 0 Å². The molecule has 0 unspecified atom stereocenters. The molecule has 5 nitrogen and oxygen atoms in total. The van der Waals surface area contributed by atoms with E-state index >= 15 is 0 Å². The van der Waals surface area contributed by atoms with Crippen LogP contribution in [-0.4, -0.2) is 62.7 Å². The highest BCUT2D eigenvalue weighted by molar-refractivity contribution is 5.94. The lowest BCUT2D eigenvalue weighted by Gasteiger charge is -2.35. The second-order valence-electron chi connectivity index (χ2n) is 6.60. The van der Waals surface area contributed by atoms with Crippen LogP contribution in [0, 0.1) is 5.82 Å². The number of benzene rings is 1. The lowest BCUT2D eigenvalue weighted by molar-refractivity contribution is 0.0930. The summed E-state index contributed by atoms with van der Waals surface area (Å²) >= 11 is 0. The molecule has 2 saturated heterocycles. The van der Waals surface area contributed by atoms with Gasteiger partial charge in [0.25, 0.3) is 5.91 Å². The van der Waals surface area contributed by atoms with Crippen LogP contribution in [0.4, 0.5) is 10.1 Å². The van der Waals surface area contributed by atoms with Crippen LogP contribution in [0.25, 0.3) is 0 Å². The van der Waals surface area contributed by atoms with Crippen LogP contribution in [-0.2, 0) is 0 Å². The van der Waals surface area contributed by atoms with Crippen LogP contribution in [0.2, 0.25) is 0 Å². The second-order valence-corrected chi connectivity index (χ2v) is 6.60. The number of anilines is 1. The Balaban J connectivity index is 1.62. The van der Waals surface area contributed by atoms with Crippen LogP contribution in [0.15, 0.2) is 18.2 Å². The van der Waals surface area contributed by atoms with E-state index in [2.05, 4.69) is 27.4 Å². The first kappa shape index (κ1) is 17.2. The van der Waals surface area contributed by atoms with E-state index in [0.29, 0.717) is 11.3 Å². The first-order valence-corrected chi connectivity index (χ1v) is 8.96. The molecule has 0 aromatic heterocycles. The molecule has 2 N–H and O–H groups in total. The third-order valence-corrected chi connectivity index (χ3v) is 5.00. The molecule has 3 rings (SSSR count). The molecule has 6 heteroatoms. The van der Waals surface area contributed by atoms with E-state index in [1.807, 2.05) is 0 Å². The zero-order valence-corrected chi connectivity index (χ0v) is 14.4. The average molecular weight is 334 g/mol. The Morgan fingerprint density at radius 2 is 2.12 bits per heavy atom. The van der Waals surface area contributed by atoms with E-state index in [-0.39, 0.29) is 17.8 Å². The summed E-state index contributed by atoms with van der Waals surface area (Å²) in [4.78, 5) is 16.7. The third-order valence-electron chi connectivity index (χ3n) is 5.00. The van der Waals surface area contributed by atoms with Gasteiger partial charge in [-0.3, -0.25) is 4.79 Å². The number of piperazine rings is 1. The number of carbonyl (C=O) groups excluding carboxylic acids is 1. The number of hydrogen-bond donors (Lipinski definition) is 2. The van der Waals surface area contributed by atoms with E-state index in [0.717, 1.165) is 58.7 Å². The summed E-state index contributed by atoms with van der Waals surface area (Å²) < 4.78 is 14.5. The molecule has 132 valence electrons. The van der Waals surface area contributed by atoms with Gasteiger partial charge in [0.15, 0.2) is 0 Å². The maximum absolute atomic E-state index is 14.5. The number of carbonyl (C=O) groups is 1. The standard InChI is InChI=1S/C18H27FN4O/c1-2-22-8-10-23(11-9-22)17-6-5-14(12-16(17)19)18(24)21-15-4-3-7-20-13-15/h5-6,12,15,20H,2-4,7-11,13H2,1H3,(H,21,24)/t15-/m0/s1. The molecule has 1 aromatic rings. The van der Waals surface area contributed by atoms with Crippen LogP contribution in [0.3, 0.4) is 0 Å². The molecule has 2 heterocycles. The fourth-order valence-electron chi connectivity index (χ4n) is 3.45. The number of likely N-dealkylation sites (N-methyl/N-ethyl adjacent to an activating group) is 1. The van der Waals surface area contributed by atoms with Crippen molar-refractivity contribution in [1.82, 2.24) is 15.5 Å². The van der Waals surface area contributed by atoms with Gasteiger partial charge in [0, 0.05) is 44.3 Å². The highest BCUT2D eigenvalue weighted by atomic mass is 19.1. The van der Waals surface area contributed by atoms with Gasteiger partial charge in [0.05, 0.1) is 5.69 Å². The number of piperidine rings is 1. The van der Waals surface area contributed by atoms with E-state index in [4.69, 9.17) is 0 Å². The minimum Gasteiger partial charge on any atom is -0.367 e. The number of hydrogen-bond acceptors (Lipinski definition) is 4. The van der Waals surface area contributed by atoms with Gasteiger partial charge in [-0.15, -0.1) is 0 Å². The molecule has 1 amide bonds. The topological polar surface area (TPSA) is 47.6 Å². The van der Waals surface area contributed by atoms with Crippen LogP contribution < -0.4 is 15.5 Å². The van der Waals surface area contributed by atoms with Gasteiger partial charge in [0.1, 0.15) is 5.82 Å². The average Bonchev–Trinajstić information content (AvgIpc) is 2.62. The summed E-state index contributed by atoms with van der Waals surface area (Å²) in [5.74, 6) is -0.501. The van der Waals surface area contributed by atoms with Crippen molar-refractivity contribution in [3.63, 3.8) is 0 Å². The molecule has 1 atom stereocenters. The largest absolute Gasteiger partial charge is 0.367 e. The molecule has 0 spiro atoms. The fraction of sp³-hybridized carbons (Fsp3) is 0.611. The summed E-state index contributed by atoms with van der Waals surface area (Å²) in [7, 11) is 0. The molecule has 1 aromatic carbocycles. The van der Waals surface area contributed by atoms with E-state index < -0.39 is 0 Å². The Labute approximate surface area is 143 Å². The van der Waals surface area contributed by atoms with Crippen molar-refractivity contribution in [2.75, 3.05) is 50.7 Å². The monoisotopic (exact) mass is 334 g/mol. The van der Waals surface area contributed by atoms with Gasteiger partial charge in [0.2, 0.25) is 0 Å². The summed E-state index contributed by atoms with van der Waals surface area (Å²) in [5, 5.41) is 6.25. The number of halogens is 1. The van der Waals surface area contributed by atoms with Gasteiger partial charge in [-0.2, -0.15) is 0 Å². The minimum atomic E-state index is -0.311. The van der Waals surface area contributed by atoms with Gasteiger partial charge < -0.3 is 20.4 Å². The Hall–Kier alpha value is -1.66. The summed E-state index contributed by atoms with van der Waals surface area (Å²) in [5.41, 5.74) is 0.996. The lowest BCUT2D eigenvalue weighted by atomic mass is 10.1. The summed E-state index contributed by atoms with van der Waals surface area (Å²) in [6.07, 6.45) is 2.03. The van der Waals surface area contributed by atoms with Crippen LogP contribution in [0.5, 0.6) is 0 Å².